The molecule has 0 saturated carbocycles. The van der Waals surface area contributed by atoms with E-state index in [1.54, 1.807) is 24.1 Å². The first-order chi connectivity index (χ1) is 12.2. The van der Waals surface area contributed by atoms with Crippen LogP contribution in [0.3, 0.4) is 0 Å². The lowest BCUT2D eigenvalue weighted by molar-refractivity contribution is 0.0784. The number of methoxy groups -OCH3 is 1. The van der Waals surface area contributed by atoms with E-state index < -0.39 is 0 Å². The molecule has 25 heavy (non-hydrogen) atoms. The van der Waals surface area contributed by atoms with E-state index in [9.17, 15) is 4.79 Å². The van der Waals surface area contributed by atoms with Crippen molar-refractivity contribution >= 4 is 5.91 Å². The lowest BCUT2D eigenvalue weighted by Gasteiger charge is -2.18. The molecule has 0 bridgehead atoms. The summed E-state index contributed by atoms with van der Waals surface area (Å²) in [6.07, 6.45) is 0. The van der Waals surface area contributed by atoms with Crippen molar-refractivity contribution in [2.45, 2.75) is 6.54 Å². The summed E-state index contributed by atoms with van der Waals surface area (Å²) >= 11 is 0. The van der Waals surface area contributed by atoms with E-state index in [1.807, 2.05) is 37.4 Å². The summed E-state index contributed by atoms with van der Waals surface area (Å²) in [4.78, 5) is 14.3. The fourth-order valence-electron chi connectivity index (χ4n) is 2.76. The van der Waals surface area contributed by atoms with Crippen LogP contribution in [0.25, 0.3) is 11.1 Å². The van der Waals surface area contributed by atoms with Gasteiger partial charge in [-0.3, -0.25) is 4.79 Å². The van der Waals surface area contributed by atoms with Crippen LogP contribution in [0.4, 0.5) is 0 Å². The Hall–Kier alpha value is -3.07. The molecule has 3 aromatic rings. The maximum Gasteiger partial charge on any atom is 0.254 e. The van der Waals surface area contributed by atoms with Crippen LogP contribution in [-0.4, -0.2) is 25.0 Å². The minimum absolute atomic E-state index is 0.0222. The molecule has 126 valence electrons. The zero-order valence-corrected chi connectivity index (χ0v) is 14.5. The van der Waals surface area contributed by atoms with Crippen LogP contribution < -0.4 is 4.74 Å². The molecular weight excluding hydrogens is 310 g/mol. The third-order valence-electron chi connectivity index (χ3n) is 4.14. The molecule has 0 heterocycles. The molecular formula is C22H21NO2. The van der Waals surface area contributed by atoms with Crippen LogP contribution in [0.15, 0.2) is 78.9 Å². The van der Waals surface area contributed by atoms with Gasteiger partial charge in [-0.15, -0.1) is 0 Å². The van der Waals surface area contributed by atoms with Crippen LogP contribution in [-0.2, 0) is 6.54 Å². The van der Waals surface area contributed by atoms with Gasteiger partial charge in [-0.2, -0.15) is 0 Å². The number of benzene rings is 3. The van der Waals surface area contributed by atoms with Gasteiger partial charge in [-0.05, 0) is 34.9 Å². The van der Waals surface area contributed by atoms with Gasteiger partial charge in [0.25, 0.3) is 5.91 Å². The molecule has 0 spiro atoms. The summed E-state index contributed by atoms with van der Waals surface area (Å²) in [6.45, 7) is 0.561. The van der Waals surface area contributed by atoms with Gasteiger partial charge >= 0.3 is 0 Å². The number of carbonyl (C=O) groups is 1. The van der Waals surface area contributed by atoms with E-state index in [4.69, 9.17) is 4.74 Å². The highest BCUT2D eigenvalue weighted by molar-refractivity contribution is 5.94. The largest absolute Gasteiger partial charge is 0.497 e. The second-order valence-electron chi connectivity index (χ2n) is 5.96. The van der Waals surface area contributed by atoms with Gasteiger partial charge < -0.3 is 9.64 Å². The van der Waals surface area contributed by atoms with E-state index in [-0.39, 0.29) is 5.91 Å². The number of hydrogen-bond donors (Lipinski definition) is 0. The summed E-state index contributed by atoms with van der Waals surface area (Å²) in [5.41, 5.74) is 4.09. The summed E-state index contributed by atoms with van der Waals surface area (Å²) in [5, 5.41) is 0. The lowest BCUT2D eigenvalue weighted by atomic mass is 10.0. The minimum Gasteiger partial charge on any atom is -0.497 e. The number of ether oxygens (including phenoxy) is 1. The SMILES string of the molecule is COc1cccc(C(=O)N(C)Cc2ccc(-c3ccccc3)cc2)c1. The van der Waals surface area contributed by atoms with Gasteiger partial charge in [0.1, 0.15) is 5.75 Å². The lowest BCUT2D eigenvalue weighted by Crippen LogP contribution is -2.26. The molecule has 0 unspecified atom stereocenters. The third-order valence-corrected chi connectivity index (χ3v) is 4.14. The zero-order valence-electron chi connectivity index (χ0n) is 14.5. The van der Waals surface area contributed by atoms with Gasteiger partial charge in [0.15, 0.2) is 0 Å². The normalized spacial score (nSPS) is 10.3. The fraction of sp³-hybridized carbons (Fsp3) is 0.136. The first-order valence-electron chi connectivity index (χ1n) is 8.21. The van der Waals surface area contributed by atoms with Gasteiger partial charge in [-0.1, -0.05) is 60.7 Å². The Balaban J connectivity index is 1.70. The molecule has 0 aliphatic carbocycles. The molecule has 0 saturated heterocycles. The quantitative estimate of drug-likeness (QED) is 0.682. The first-order valence-corrected chi connectivity index (χ1v) is 8.21. The van der Waals surface area contributed by atoms with E-state index in [2.05, 4.69) is 36.4 Å². The highest BCUT2D eigenvalue weighted by Crippen LogP contribution is 2.20. The van der Waals surface area contributed by atoms with Crippen molar-refractivity contribution in [3.05, 3.63) is 90.0 Å². The smallest absolute Gasteiger partial charge is 0.254 e. The Morgan fingerprint density at radius 3 is 2.24 bits per heavy atom. The van der Waals surface area contributed by atoms with Crippen LogP contribution in [0.5, 0.6) is 5.75 Å². The number of nitrogens with zero attached hydrogens (tertiary/aromatic N) is 1. The molecule has 3 heteroatoms. The molecule has 3 aromatic carbocycles. The van der Waals surface area contributed by atoms with Crippen molar-refractivity contribution in [2.75, 3.05) is 14.2 Å². The molecule has 0 atom stereocenters. The average Bonchev–Trinajstić information content (AvgIpc) is 2.68. The van der Waals surface area contributed by atoms with E-state index in [0.717, 1.165) is 5.56 Å². The molecule has 0 aliphatic rings. The van der Waals surface area contributed by atoms with Gasteiger partial charge in [0, 0.05) is 19.2 Å². The monoisotopic (exact) mass is 331 g/mol. The number of carbonyl (C=O) groups excluding carboxylic acids is 1. The van der Waals surface area contributed by atoms with Crippen LogP contribution in [0.1, 0.15) is 15.9 Å². The highest BCUT2D eigenvalue weighted by Gasteiger charge is 2.12. The summed E-state index contributed by atoms with van der Waals surface area (Å²) in [6, 6.07) is 25.8. The number of rotatable bonds is 5. The molecule has 0 fully saturated rings. The molecule has 0 aliphatic heterocycles. The fourth-order valence-corrected chi connectivity index (χ4v) is 2.76. The van der Waals surface area contributed by atoms with Crippen molar-refractivity contribution in [3.63, 3.8) is 0 Å². The topological polar surface area (TPSA) is 29.5 Å². The third kappa shape index (κ3) is 4.07. The predicted octanol–water partition coefficient (Wildman–Crippen LogP) is 4.63. The summed E-state index contributed by atoms with van der Waals surface area (Å²) in [7, 11) is 3.41. The Bertz CT molecular complexity index is 841. The van der Waals surface area contributed by atoms with Crippen molar-refractivity contribution < 1.29 is 9.53 Å². The number of hydrogen-bond acceptors (Lipinski definition) is 2. The van der Waals surface area contributed by atoms with Crippen molar-refractivity contribution in [2.24, 2.45) is 0 Å². The molecule has 1 amide bonds. The Labute approximate surface area is 148 Å². The first kappa shape index (κ1) is 16.8. The van der Waals surface area contributed by atoms with Gasteiger partial charge in [-0.25, -0.2) is 0 Å². The predicted molar refractivity (Wildman–Crippen MR) is 101 cm³/mol. The van der Waals surface area contributed by atoms with Gasteiger partial charge in [0.05, 0.1) is 7.11 Å². The Morgan fingerprint density at radius 2 is 1.56 bits per heavy atom. The maximum absolute atomic E-state index is 12.6. The van der Waals surface area contributed by atoms with Gasteiger partial charge in [0.2, 0.25) is 0 Å². The van der Waals surface area contributed by atoms with Crippen molar-refractivity contribution in [1.29, 1.82) is 0 Å². The van der Waals surface area contributed by atoms with Crippen molar-refractivity contribution in [3.8, 4) is 16.9 Å². The Morgan fingerprint density at radius 1 is 0.880 bits per heavy atom. The molecule has 0 aromatic heterocycles. The van der Waals surface area contributed by atoms with Crippen LogP contribution in [0, 0.1) is 0 Å². The average molecular weight is 331 g/mol. The van der Waals surface area contributed by atoms with E-state index in [1.165, 1.54) is 11.1 Å². The van der Waals surface area contributed by atoms with Crippen LogP contribution in [0.2, 0.25) is 0 Å². The van der Waals surface area contributed by atoms with E-state index in [0.29, 0.717) is 17.9 Å². The minimum atomic E-state index is -0.0222. The summed E-state index contributed by atoms with van der Waals surface area (Å²) < 4.78 is 5.19. The van der Waals surface area contributed by atoms with E-state index >= 15 is 0 Å². The second kappa shape index (κ2) is 7.67. The van der Waals surface area contributed by atoms with Crippen molar-refractivity contribution in [1.82, 2.24) is 4.90 Å². The molecule has 3 rings (SSSR count). The van der Waals surface area contributed by atoms with Crippen LogP contribution >= 0.6 is 0 Å². The molecule has 0 radical (unpaired) electrons. The standard InChI is InChI=1S/C22H21NO2/c1-23(22(24)20-9-6-10-21(15-20)25-2)16-17-11-13-19(14-12-17)18-7-4-3-5-8-18/h3-15H,16H2,1-2H3. The molecule has 3 nitrogen and oxygen atoms in total. The second-order valence-corrected chi connectivity index (χ2v) is 5.96. The zero-order chi connectivity index (χ0) is 17.6. The summed E-state index contributed by atoms with van der Waals surface area (Å²) in [5.74, 6) is 0.664. The number of amides is 1. The highest BCUT2D eigenvalue weighted by atomic mass is 16.5. The maximum atomic E-state index is 12.6. The Kier molecular flexibility index (Phi) is 5.14. The molecule has 0 N–H and O–H groups in total.